The molecule has 0 saturated carbocycles. The normalized spacial score (nSPS) is 22.4. The molecule has 0 aliphatic carbocycles. The maximum atomic E-state index is 5.41. The van der Waals surface area contributed by atoms with Crippen molar-refractivity contribution in [3.8, 4) is 0 Å². The molecular formula is C13H19N3O. The summed E-state index contributed by atoms with van der Waals surface area (Å²) in [4.78, 5) is 9.34. The zero-order valence-electron chi connectivity index (χ0n) is 10.3. The Balaban J connectivity index is 1.84. The first-order chi connectivity index (χ1) is 8.33. The van der Waals surface area contributed by atoms with Gasteiger partial charge in [0.2, 0.25) is 0 Å². The molecule has 0 radical (unpaired) electrons. The van der Waals surface area contributed by atoms with Crippen molar-refractivity contribution >= 4 is 0 Å². The van der Waals surface area contributed by atoms with Gasteiger partial charge in [0.25, 0.3) is 0 Å². The van der Waals surface area contributed by atoms with Crippen molar-refractivity contribution in [3.63, 3.8) is 0 Å². The molecule has 2 fully saturated rings. The number of rotatable bonds is 2. The minimum absolute atomic E-state index is 0.522. The molecule has 1 aromatic rings. The molecule has 0 amide bonds. The van der Waals surface area contributed by atoms with Crippen LogP contribution in [0.4, 0.5) is 0 Å². The molecule has 17 heavy (non-hydrogen) atoms. The summed E-state index contributed by atoms with van der Waals surface area (Å²) in [5, 5.41) is 3.28. The van der Waals surface area contributed by atoms with E-state index in [4.69, 9.17) is 9.72 Å². The third kappa shape index (κ3) is 2.33. The molecule has 0 unspecified atom stereocenters. The van der Waals surface area contributed by atoms with E-state index < -0.39 is 0 Å². The molecule has 0 bridgehead atoms. The fourth-order valence-corrected chi connectivity index (χ4v) is 2.47. The number of ether oxygens (including phenoxy) is 1. The molecule has 3 heterocycles. The second-order valence-corrected chi connectivity index (χ2v) is 5.03. The molecule has 2 aliphatic heterocycles. The third-order valence-electron chi connectivity index (χ3n) is 3.68. The van der Waals surface area contributed by atoms with Crippen LogP contribution < -0.4 is 5.32 Å². The second-order valence-electron chi connectivity index (χ2n) is 5.03. The number of nitrogens with one attached hydrogen (secondary N) is 1. The largest absolute Gasteiger partial charge is 0.381 e. The van der Waals surface area contributed by atoms with Crippen molar-refractivity contribution in [2.75, 3.05) is 26.3 Å². The average molecular weight is 233 g/mol. The van der Waals surface area contributed by atoms with Crippen LogP contribution in [-0.4, -0.2) is 36.3 Å². The van der Waals surface area contributed by atoms with Crippen LogP contribution in [0.5, 0.6) is 0 Å². The van der Waals surface area contributed by atoms with Crippen LogP contribution in [0.1, 0.15) is 41.9 Å². The van der Waals surface area contributed by atoms with Crippen LogP contribution in [0.3, 0.4) is 0 Å². The monoisotopic (exact) mass is 233 g/mol. The van der Waals surface area contributed by atoms with E-state index in [0.717, 1.165) is 50.7 Å². The summed E-state index contributed by atoms with van der Waals surface area (Å²) in [6.45, 7) is 5.86. The van der Waals surface area contributed by atoms with Gasteiger partial charge in [-0.25, -0.2) is 9.97 Å². The molecular weight excluding hydrogens is 214 g/mol. The Morgan fingerprint density at radius 2 is 1.94 bits per heavy atom. The van der Waals surface area contributed by atoms with Gasteiger partial charge in [-0.15, -0.1) is 0 Å². The highest BCUT2D eigenvalue weighted by molar-refractivity contribution is 5.18. The van der Waals surface area contributed by atoms with Crippen molar-refractivity contribution in [3.05, 3.63) is 23.3 Å². The maximum absolute atomic E-state index is 5.41. The first-order valence-electron chi connectivity index (χ1n) is 6.47. The third-order valence-corrected chi connectivity index (χ3v) is 3.68. The zero-order valence-corrected chi connectivity index (χ0v) is 10.3. The van der Waals surface area contributed by atoms with Gasteiger partial charge in [-0.3, -0.25) is 0 Å². The van der Waals surface area contributed by atoms with Crippen molar-refractivity contribution in [1.29, 1.82) is 0 Å². The molecule has 1 N–H and O–H groups in total. The summed E-state index contributed by atoms with van der Waals surface area (Å²) in [7, 11) is 0. The molecule has 4 heteroatoms. The van der Waals surface area contributed by atoms with E-state index in [9.17, 15) is 0 Å². The topological polar surface area (TPSA) is 47.0 Å². The molecule has 3 rings (SSSR count). The SMILES string of the molecule is Cc1cc(C2CCOCC2)nc(C2CNC2)n1. The van der Waals surface area contributed by atoms with Gasteiger partial charge in [-0.05, 0) is 25.8 Å². The van der Waals surface area contributed by atoms with E-state index in [1.54, 1.807) is 0 Å². The van der Waals surface area contributed by atoms with E-state index in [0.29, 0.717) is 11.8 Å². The van der Waals surface area contributed by atoms with Crippen molar-refractivity contribution in [2.24, 2.45) is 0 Å². The Labute approximate surface area is 102 Å². The van der Waals surface area contributed by atoms with Crippen LogP contribution in [0.2, 0.25) is 0 Å². The smallest absolute Gasteiger partial charge is 0.134 e. The lowest BCUT2D eigenvalue weighted by molar-refractivity contribution is 0.0844. The molecule has 1 aromatic heterocycles. The van der Waals surface area contributed by atoms with Gasteiger partial charge in [0, 0.05) is 49.5 Å². The number of hydrogen-bond donors (Lipinski definition) is 1. The predicted molar refractivity (Wildman–Crippen MR) is 65.2 cm³/mol. The number of aromatic nitrogens is 2. The van der Waals surface area contributed by atoms with E-state index in [2.05, 4.69) is 23.3 Å². The number of aryl methyl sites for hydroxylation is 1. The molecule has 0 atom stereocenters. The van der Waals surface area contributed by atoms with Crippen LogP contribution >= 0.6 is 0 Å². The van der Waals surface area contributed by atoms with Gasteiger partial charge in [0.05, 0.1) is 0 Å². The predicted octanol–water partition coefficient (Wildman–Crippen LogP) is 1.37. The second kappa shape index (κ2) is 4.70. The fraction of sp³-hybridized carbons (Fsp3) is 0.692. The molecule has 0 spiro atoms. The Hall–Kier alpha value is -1.00. The Bertz CT molecular complexity index is 398. The van der Waals surface area contributed by atoms with Gasteiger partial charge in [0.15, 0.2) is 0 Å². The lowest BCUT2D eigenvalue weighted by Crippen LogP contribution is -2.41. The summed E-state index contributed by atoms with van der Waals surface area (Å²) in [6, 6.07) is 2.14. The lowest BCUT2D eigenvalue weighted by Gasteiger charge is -2.27. The Kier molecular flexibility index (Phi) is 3.07. The molecule has 4 nitrogen and oxygen atoms in total. The minimum Gasteiger partial charge on any atom is -0.381 e. The van der Waals surface area contributed by atoms with Gasteiger partial charge in [-0.2, -0.15) is 0 Å². The molecule has 0 aromatic carbocycles. The van der Waals surface area contributed by atoms with E-state index in [1.807, 2.05) is 0 Å². The number of nitrogens with zero attached hydrogens (tertiary/aromatic N) is 2. The average Bonchev–Trinajstić information content (AvgIpc) is 2.27. The highest BCUT2D eigenvalue weighted by Crippen LogP contribution is 2.27. The van der Waals surface area contributed by atoms with Crippen LogP contribution in [0.25, 0.3) is 0 Å². The maximum Gasteiger partial charge on any atom is 0.134 e. The van der Waals surface area contributed by atoms with E-state index >= 15 is 0 Å². The fourth-order valence-electron chi connectivity index (χ4n) is 2.47. The summed E-state index contributed by atoms with van der Waals surface area (Å²) in [5.74, 6) is 2.12. The number of hydrogen-bond acceptors (Lipinski definition) is 4. The van der Waals surface area contributed by atoms with E-state index in [1.165, 1.54) is 5.69 Å². The Morgan fingerprint density at radius 3 is 2.59 bits per heavy atom. The Morgan fingerprint density at radius 1 is 1.18 bits per heavy atom. The van der Waals surface area contributed by atoms with Crippen molar-refractivity contribution in [2.45, 2.75) is 31.6 Å². The summed E-state index contributed by atoms with van der Waals surface area (Å²) >= 11 is 0. The highest BCUT2D eigenvalue weighted by atomic mass is 16.5. The first-order valence-corrected chi connectivity index (χ1v) is 6.47. The van der Waals surface area contributed by atoms with Crippen molar-refractivity contribution < 1.29 is 4.74 Å². The standard InChI is InChI=1S/C13H19N3O/c1-9-6-12(10-2-4-17-5-3-10)16-13(15-9)11-7-14-8-11/h6,10-11,14H,2-5,7-8H2,1H3. The highest BCUT2D eigenvalue weighted by Gasteiger charge is 2.24. The summed E-state index contributed by atoms with van der Waals surface area (Å²) in [6.07, 6.45) is 2.19. The van der Waals surface area contributed by atoms with Crippen LogP contribution in [0, 0.1) is 6.92 Å². The van der Waals surface area contributed by atoms with Crippen molar-refractivity contribution in [1.82, 2.24) is 15.3 Å². The zero-order chi connectivity index (χ0) is 11.7. The quantitative estimate of drug-likeness (QED) is 0.838. The van der Waals surface area contributed by atoms with E-state index in [-0.39, 0.29) is 0 Å². The minimum atomic E-state index is 0.522. The molecule has 92 valence electrons. The van der Waals surface area contributed by atoms with Crippen LogP contribution in [-0.2, 0) is 4.74 Å². The molecule has 2 aliphatic rings. The first kappa shape index (κ1) is 11.1. The van der Waals surface area contributed by atoms with Gasteiger partial charge in [-0.1, -0.05) is 0 Å². The molecule has 2 saturated heterocycles. The van der Waals surface area contributed by atoms with Gasteiger partial charge < -0.3 is 10.1 Å². The van der Waals surface area contributed by atoms with Gasteiger partial charge >= 0.3 is 0 Å². The summed E-state index contributed by atoms with van der Waals surface area (Å²) < 4.78 is 5.41. The van der Waals surface area contributed by atoms with Gasteiger partial charge in [0.1, 0.15) is 5.82 Å². The van der Waals surface area contributed by atoms with Crippen LogP contribution in [0.15, 0.2) is 6.07 Å². The summed E-state index contributed by atoms with van der Waals surface area (Å²) in [5.41, 5.74) is 2.33. The lowest BCUT2D eigenvalue weighted by atomic mass is 9.95.